The van der Waals surface area contributed by atoms with E-state index in [-0.39, 0.29) is 12.3 Å². The van der Waals surface area contributed by atoms with Crippen LogP contribution in [-0.2, 0) is 16.1 Å². The van der Waals surface area contributed by atoms with Gasteiger partial charge in [-0.1, -0.05) is 17.7 Å². The average Bonchev–Trinajstić information content (AvgIpc) is 2.97. The maximum Gasteiger partial charge on any atom is 0.309 e. The Morgan fingerprint density at radius 1 is 1.24 bits per heavy atom. The minimum Gasteiger partial charge on any atom is -0.505 e. The number of benzene rings is 2. The van der Waals surface area contributed by atoms with Crippen molar-refractivity contribution in [2.24, 2.45) is 5.73 Å². The molecule has 1 aromatic heterocycles. The molecule has 0 aliphatic rings. The van der Waals surface area contributed by atoms with Gasteiger partial charge in [0.2, 0.25) is 0 Å². The number of nitrogens with two attached hydrogens (primary N) is 1. The minimum atomic E-state index is -1.09. The summed E-state index contributed by atoms with van der Waals surface area (Å²) in [7, 11) is 0. The number of halogens is 1. The van der Waals surface area contributed by atoms with Gasteiger partial charge in [-0.15, -0.1) is 15.0 Å². The van der Waals surface area contributed by atoms with Crippen molar-refractivity contribution >= 4 is 34.4 Å². The van der Waals surface area contributed by atoms with Gasteiger partial charge in [0.25, 0.3) is 0 Å². The zero-order valence-electron chi connectivity index (χ0n) is 13.2. The molecule has 0 fully saturated rings. The molecular formula is C16H14ClN5O3. The van der Waals surface area contributed by atoms with Crippen LogP contribution < -0.4 is 11.1 Å². The number of carbonyl (C=O) groups is 2. The lowest BCUT2D eigenvalue weighted by Crippen LogP contribution is -2.35. The summed E-state index contributed by atoms with van der Waals surface area (Å²) in [5, 5.41) is 22.0. The largest absolute Gasteiger partial charge is 0.505 e. The average molecular weight is 360 g/mol. The maximum atomic E-state index is 11.3. The number of nitrogens with zero attached hydrogens (tertiary/aromatic N) is 3. The molecule has 2 amide bonds. The van der Waals surface area contributed by atoms with Gasteiger partial charge in [-0.2, -0.15) is 0 Å². The van der Waals surface area contributed by atoms with Crippen LogP contribution in [0.3, 0.4) is 0 Å². The Morgan fingerprint density at radius 2 is 1.96 bits per heavy atom. The number of fused-ring (bicyclic) bond motifs is 1. The van der Waals surface area contributed by atoms with Crippen molar-refractivity contribution in [3.8, 4) is 11.4 Å². The highest BCUT2D eigenvalue weighted by Crippen LogP contribution is 2.28. The van der Waals surface area contributed by atoms with Crippen LogP contribution >= 0.6 is 11.6 Å². The van der Waals surface area contributed by atoms with Gasteiger partial charge in [-0.25, -0.2) is 0 Å². The first-order valence-electron chi connectivity index (χ1n) is 7.28. The lowest BCUT2D eigenvalue weighted by atomic mass is 10.1. The second-order valence-electron chi connectivity index (χ2n) is 5.46. The van der Waals surface area contributed by atoms with Gasteiger partial charge in [0.05, 0.1) is 0 Å². The summed E-state index contributed by atoms with van der Waals surface area (Å²) < 4.78 is 0. The van der Waals surface area contributed by atoms with E-state index >= 15 is 0 Å². The Bertz CT molecular complexity index is 999. The Hall–Kier alpha value is -3.13. The van der Waals surface area contributed by atoms with E-state index in [2.05, 4.69) is 15.5 Å². The first-order valence-corrected chi connectivity index (χ1v) is 7.66. The highest BCUT2D eigenvalue weighted by atomic mass is 35.5. The normalized spacial score (nSPS) is 10.8. The number of nitrogens with one attached hydrogen (secondary N) is 1. The summed E-state index contributed by atoms with van der Waals surface area (Å²) in [6.45, 7) is 1.76. The van der Waals surface area contributed by atoms with Crippen LogP contribution in [0.5, 0.6) is 5.75 Å². The van der Waals surface area contributed by atoms with Gasteiger partial charge in [-0.05, 0) is 36.8 Å². The molecule has 0 saturated carbocycles. The van der Waals surface area contributed by atoms with E-state index in [9.17, 15) is 14.7 Å². The smallest absolute Gasteiger partial charge is 0.309 e. The number of rotatable bonds is 3. The Kier molecular flexibility index (Phi) is 4.28. The molecule has 0 aliphatic heterocycles. The van der Waals surface area contributed by atoms with Gasteiger partial charge >= 0.3 is 11.8 Å². The predicted octanol–water partition coefficient (Wildman–Crippen LogP) is 1.19. The maximum absolute atomic E-state index is 11.3. The number of aromatic hydroxyl groups is 1. The molecule has 0 radical (unpaired) electrons. The van der Waals surface area contributed by atoms with Crippen molar-refractivity contribution in [1.82, 2.24) is 20.3 Å². The Balaban J connectivity index is 2.00. The molecule has 0 bridgehead atoms. The number of phenolic OH excluding ortho intramolecular Hbond substituents is 1. The first-order chi connectivity index (χ1) is 11.8. The second-order valence-corrected chi connectivity index (χ2v) is 5.90. The number of aryl methyl sites for hydroxylation is 1. The second kappa shape index (κ2) is 6.40. The molecular weight excluding hydrogens is 346 g/mol. The summed E-state index contributed by atoms with van der Waals surface area (Å²) in [4.78, 5) is 23.4. The van der Waals surface area contributed by atoms with Gasteiger partial charge in [0, 0.05) is 17.1 Å². The highest BCUT2D eigenvalue weighted by Gasteiger charge is 2.15. The Morgan fingerprint density at radius 3 is 2.68 bits per heavy atom. The van der Waals surface area contributed by atoms with Crippen LogP contribution in [0.2, 0.25) is 5.02 Å². The molecule has 128 valence electrons. The standard InChI is InChI=1S/C16H14ClN5O3/c1-8-4-9(7-19-16(25)15(18)24)14(23)13(5-8)22-20-11-3-2-10(17)6-12(11)21-22/h2-6,23H,7H2,1H3,(H2,18,24)(H,19,25). The summed E-state index contributed by atoms with van der Waals surface area (Å²) in [6.07, 6.45) is 0. The SMILES string of the molecule is Cc1cc(CNC(=O)C(N)=O)c(O)c(-n2nc3ccc(Cl)cc3n2)c1. The van der Waals surface area contributed by atoms with Crippen molar-refractivity contribution in [1.29, 1.82) is 0 Å². The van der Waals surface area contributed by atoms with Crippen molar-refractivity contribution in [3.05, 3.63) is 46.5 Å². The third-order valence-corrected chi connectivity index (χ3v) is 3.77. The molecule has 0 unspecified atom stereocenters. The van der Waals surface area contributed by atoms with Gasteiger partial charge in [-0.3, -0.25) is 9.59 Å². The molecule has 9 heteroatoms. The zero-order chi connectivity index (χ0) is 18.1. The summed E-state index contributed by atoms with van der Waals surface area (Å²) >= 11 is 5.95. The lowest BCUT2D eigenvalue weighted by molar-refractivity contribution is -0.137. The molecule has 3 rings (SSSR count). The van der Waals surface area contributed by atoms with E-state index in [1.54, 1.807) is 30.3 Å². The molecule has 25 heavy (non-hydrogen) atoms. The van der Waals surface area contributed by atoms with E-state index < -0.39 is 11.8 Å². The van der Waals surface area contributed by atoms with Crippen molar-refractivity contribution < 1.29 is 14.7 Å². The van der Waals surface area contributed by atoms with Crippen molar-refractivity contribution in [2.75, 3.05) is 0 Å². The summed E-state index contributed by atoms with van der Waals surface area (Å²) in [5.41, 5.74) is 7.66. The fourth-order valence-corrected chi connectivity index (χ4v) is 2.54. The zero-order valence-corrected chi connectivity index (χ0v) is 13.9. The van der Waals surface area contributed by atoms with Crippen LogP contribution in [0, 0.1) is 6.92 Å². The lowest BCUT2D eigenvalue weighted by Gasteiger charge is -2.11. The van der Waals surface area contributed by atoms with Crippen molar-refractivity contribution in [2.45, 2.75) is 13.5 Å². The minimum absolute atomic E-state index is 0.0606. The van der Waals surface area contributed by atoms with Crippen LogP contribution in [0.25, 0.3) is 16.7 Å². The quantitative estimate of drug-likeness (QED) is 0.606. The van der Waals surface area contributed by atoms with E-state index in [1.165, 1.54) is 4.80 Å². The van der Waals surface area contributed by atoms with Gasteiger partial charge in [0.1, 0.15) is 22.5 Å². The molecule has 1 heterocycles. The summed E-state index contributed by atoms with van der Waals surface area (Å²) in [6, 6.07) is 8.47. The predicted molar refractivity (Wildman–Crippen MR) is 91.3 cm³/mol. The molecule has 8 nitrogen and oxygen atoms in total. The van der Waals surface area contributed by atoms with E-state index in [0.29, 0.717) is 27.3 Å². The number of carbonyl (C=O) groups excluding carboxylic acids is 2. The fraction of sp³-hybridized carbons (Fsp3) is 0.125. The number of aromatic nitrogens is 3. The van der Waals surface area contributed by atoms with Crippen LogP contribution in [0.1, 0.15) is 11.1 Å². The van der Waals surface area contributed by atoms with Crippen molar-refractivity contribution in [3.63, 3.8) is 0 Å². The summed E-state index contributed by atoms with van der Waals surface area (Å²) in [5.74, 6) is -2.13. The molecule has 0 saturated heterocycles. The Labute approximate surface area is 147 Å². The van der Waals surface area contributed by atoms with E-state index in [0.717, 1.165) is 5.56 Å². The van der Waals surface area contributed by atoms with E-state index in [1.807, 2.05) is 6.92 Å². The molecule has 0 aliphatic carbocycles. The molecule has 3 aromatic rings. The number of phenols is 1. The van der Waals surface area contributed by atoms with Gasteiger partial charge < -0.3 is 16.2 Å². The number of hydrogen-bond acceptors (Lipinski definition) is 5. The third kappa shape index (κ3) is 3.38. The number of hydrogen-bond donors (Lipinski definition) is 3. The van der Waals surface area contributed by atoms with E-state index in [4.69, 9.17) is 17.3 Å². The number of primary amides is 1. The van der Waals surface area contributed by atoms with Crippen LogP contribution in [0.15, 0.2) is 30.3 Å². The van der Waals surface area contributed by atoms with Crippen LogP contribution in [-0.4, -0.2) is 31.9 Å². The monoisotopic (exact) mass is 359 g/mol. The number of amides is 2. The molecule has 0 spiro atoms. The molecule has 2 aromatic carbocycles. The van der Waals surface area contributed by atoms with Crippen LogP contribution in [0.4, 0.5) is 0 Å². The topological polar surface area (TPSA) is 123 Å². The molecule has 0 atom stereocenters. The third-order valence-electron chi connectivity index (χ3n) is 3.53. The highest BCUT2D eigenvalue weighted by molar-refractivity contribution is 6.34. The fourth-order valence-electron chi connectivity index (χ4n) is 2.38. The molecule has 4 N–H and O–H groups in total. The van der Waals surface area contributed by atoms with Gasteiger partial charge in [0.15, 0.2) is 0 Å². The first kappa shape index (κ1) is 16.7.